The molecule has 1 aromatic heterocycles. The van der Waals surface area contributed by atoms with Gasteiger partial charge >= 0.3 is 0 Å². The Balaban J connectivity index is 2.70. The summed E-state index contributed by atoms with van der Waals surface area (Å²) in [6, 6.07) is 2.43. The monoisotopic (exact) mass is 276 g/mol. The van der Waals surface area contributed by atoms with E-state index < -0.39 is 11.7 Å². The second-order valence-corrected chi connectivity index (χ2v) is 4.67. The van der Waals surface area contributed by atoms with Crippen LogP contribution in [0.15, 0.2) is 12.1 Å². The number of halogens is 1. The van der Waals surface area contributed by atoms with Crippen molar-refractivity contribution in [2.45, 2.75) is 27.2 Å². The number of nitrogen functional groups attached to an aromatic ring is 1. The number of carbonyl (C=O) groups excluding carboxylic acids is 1. The topological polar surface area (TPSA) is 86.9 Å². The highest BCUT2D eigenvalue weighted by atomic mass is 19.1. The quantitative estimate of drug-likeness (QED) is 0.839. The Morgan fingerprint density at radius 3 is 2.55 bits per heavy atom. The number of amides is 1. The molecule has 0 unspecified atom stereocenters. The minimum absolute atomic E-state index is 0.0241. The molecule has 0 saturated heterocycles. The molecule has 0 radical (unpaired) electrons. The molecule has 0 saturated carbocycles. The molecule has 0 aliphatic heterocycles. The van der Waals surface area contributed by atoms with Gasteiger partial charge in [0, 0.05) is 11.4 Å². The Labute approximate surface area is 116 Å². The van der Waals surface area contributed by atoms with Gasteiger partial charge in [-0.15, -0.1) is 0 Å². The van der Waals surface area contributed by atoms with E-state index in [4.69, 9.17) is 11.5 Å². The van der Waals surface area contributed by atoms with Gasteiger partial charge in [-0.3, -0.25) is 4.79 Å². The smallest absolute Gasteiger partial charge is 0.250 e. The van der Waals surface area contributed by atoms with Gasteiger partial charge in [-0.2, -0.15) is 5.10 Å². The first-order valence-electron chi connectivity index (χ1n) is 6.31. The van der Waals surface area contributed by atoms with Crippen molar-refractivity contribution in [3.8, 4) is 5.69 Å². The Bertz CT molecular complexity index is 691. The summed E-state index contributed by atoms with van der Waals surface area (Å²) < 4.78 is 15.6. The van der Waals surface area contributed by atoms with E-state index in [0.717, 1.165) is 29.4 Å². The molecule has 2 aromatic rings. The molecule has 0 aliphatic rings. The summed E-state index contributed by atoms with van der Waals surface area (Å²) in [6.45, 7) is 5.74. The Hall–Kier alpha value is -2.37. The van der Waals surface area contributed by atoms with Crippen LogP contribution in [0.5, 0.6) is 0 Å². The molecule has 5 nitrogen and oxygen atoms in total. The fraction of sp³-hybridized carbons (Fsp3) is 0.286. The van der Waals surface area contributed by atoms with Gasteiger partial charge < -0.3 is 11.5 Å². The number of aryl methyl sites for hydroxylation is 1. The molecular weight excluding hydrogens is 259 g/mol. The first-order chi connectivity index (χ1) is 9.36. The van der Waals surface area contributed by atoms with Crippen molar-refractivity contribution in [3.63, 3.8) is 0 Å². The maximum absolute atomic E-state index is 14.1. The number of primary amides is 1. The van der Waals surface area contributed by atoms with Gasteiger partial charge in [0.1, 0.15) is 5.69 Å². The zero-order chi connectivity index (χ0) is 15.0. The highest BCUT2D eigenvalue weighted by molar-refractivity contribution is 5.98. The lowest BCUT2D eigenvalue weighted by Crippen LogP contribution is -2.15. The standard InChI is InChI=1S/C14H17FN4O/c1-4-9-7(2)18-19(8(9)3)13-5-10(14(17)20)12(16)6-11(13)15/h5-6H,4,16H2,1-3H3,(H2,17,20). The van der Waals surface area contributed by atoms with Crippen molar-refractivity contribution in [1.82, 2.24) is 9.78 Å². The van der Waals surface area contributed by atoms with Crippen LogP contribution in [0.4, 0.5) is 10.1 Å². The van der Waals surface area contributed by atoms with Crippen LogP contribution < -0.4 is 11.5 Å². The minimum atomic E-state index is -0.694. The predicted octanol–water partition coefficient (Wildman–Crippen LogP) is 1.87. The summed E-state index contributed by atoms with van der Waals surface area (Å²) in [5, 5.41) is 4.33. The summed E-state index contributed by atoms with van der Waals surface area (Å²) in [5.74, 6) is -1.23. The number of nitrogens with zero attached hydrogens (tertiary/aromatic N) is 2. The zero-order valence-corrected chi connectivity index (χ0v) is 11.7. The van der Waals surface area contributed by atoms with E-state index in [9.17, 15) is 9.18 Å². The molecule has 1 amide bonds. The summed E-state index contributed by atoms with van der Waals surface area (Å²) in [6.07, 6.45) is 0.803. The lowest BCUT2D eigenvalue weighted by Gasteiger charge is -2.10. The zero-order valence-electron chi connectivity index (χ0n) is 11.7. The highest BCUT2D eigenvalue weighted by Gasteiger charge is 2.17. The third-order valence-corrected chi connectivity index (χ3v) is 3.41. The van der Waals surface area contributed by atoms with Crippen molar-refractivity contribution in [2.75, 3.05) is 5.73 Å². The molecule has 0 aliphatic carbocycles. The summed E-state index contributed by atoms with van der Waals surface area (Å²) in [5.41, 5.74) is 13.9. The van der Waals surface area contributed by atoms with E-state index >= 15 is 0 Å². The van der Waals surface area contributed by atoms with Crippen molar-refractivity contribution >= 4 is 11.6 Å². The van der Waals surface area contributed by atoms with Crippen molar-refractivity contribution in [3.05, 3.63) is 40.5 Å². The largest absolute Gasteiger partial charge is 0.398 e. The number of benzene rings is 1. The fourth-order valence-corrected chi connectivity index (χ4v) is 2.37. The van der Waals surface area contributed by atoms with E-state index in [1.807, 2.05) is 20.8 Å². The second kappa shape index (κ2) is 4.96. The van der Waals surface area contributed by atoms with Crippen LogP contribution in [0, 0.1) is 19.7 Å². The van der Waals surface area contributed by atoms with Crippen molar-refractivity contribution < 1.29 is 9.18 Å². The van der Waals surface area contributed by atoms with Crippen LogP contribution in [-0.4, -0.2) is 15.7 Å². The SMILES string of the molecule is CCc1c(C)nn(-c2cc(C(N)=O)c(N)cc2F)c1C. The molecule has 2 rings (SSSR count). The van der Waals surface area contributed by atoms with Crippen LogP contribution in [0.1, 0.15) is 34.2 Å². The Kier molecular flexibility index (Phi) is 3.48. The maximum Gasteiger partial charge on any atom is 0.250 e. The number of carbonyl (C=O) groups is 1. The molecule has 6 heteroatoms. The predicted molar refractivity (Wildman–Crippen MR) is 75.3 cm³/mol. The fourth-order valence-electron chi connectivity index (χ4n) is 2.37. The summed E-state index contributed by atoms with van der Waals surface area (Å²) in [7, 11) is 0. The molecule has 0 fully saturated rings. The van der Waals surface area contributed by atoms with Crippen molar-refractivity contribution in [2.24, 2.45) is 5.73 Å². The third kappa shape index (κ3) is 2.13. The molecule has 0 spiro atoms. The lowest BCUT2D eigenvalue weighted by molar-refractivity contribution is 0.100. The van der Waals surface area contributed by atoms with E-state index in [1.165, 1.54) is 10.7 Å². The van der Waals surface area contributed by atoms with Gasteiger partial charge in [-0.05, 0) is 38.0 Å². The van der Waals surface area contributed by atoms with E-state index in [-0.39, 0.29) is 16.9 Å². The van der Waals surface area contributed by atoms with E-state index in [1.54, 1.807) is 0 Å². The number of nitrogens with two attached hydrogens (primary N) is 2. The average Bonchev–Trinajstić information content (AvgIpc) is 2.64. The number of hydrogen-bond donors (Lipinski definition) is 2. The van der Waals surface area contributed by atoms with Gasteiger partial charge in [0.15, 0.2) is 5.82 Å². The molecule has 1 heterocycles. The second-order valence-electron chi connectivity index (χ2n) is 4.67. The van der Waals surface area contributed by atoms with E-state index in [2.05, 4.69) is 5.10 Å². The summed E-state index contributed by atoms with van der Waals surface area (Å²) in [4.78, 5) is 11.3. The minimum Gasteiger partial charge on any atom is -0.398 e. The Morgan fingerprint density at radius 1 is 1.40 bits per heavy atom. The molecule has 0 bridgehead atoms. The first-order valence-corrected chi connectivity index (χ1v) is 6.31. The molecule has 106 valence electrons. The molecule has 0 atom stereocenters. The number of rotatable bonds is 3. The van der Waals surface area contributed by atoms with Crippen LogP contribution in [-0.2, 0) is 6.42 Å². The van der Waals surface area contributed by atoms with Gasteiger partial charge in [0.25, 0.3) is 5.91 Å². The van der Waals surface area contributed by atoms with Gasteiger partial charge in [0.2, 0.25) is 0 Å². The van der Waals surface area contributed by atoms with Gasteiger partial charge in [0.05, 0.1) is 11.3 Å². The number of hydrogen-bond acceptors (Lipinski definition) is 3. The number of anilines is 1. The number of aromatic nitrogens is 2. The normalized spacial score (nSPS) is 10.8. The Morgan fingerprint density at radius 2 is 2.05 bits per heavy atom. The van der Waals surface area contributed by atoms with E-state index in [0.29, 0.717) is 0 Å². The molecule has 1 aromatic carbocycles. The van der Waals surface area contributed by atoms with Crippen LogP contribution in [0.3, 0.4) is 0 Å². The molecular formula is C14H17FN4O. The first kappa shape index (κ1) is 14.0. The highest BCUT2D eigenvalue weighted by Crippen LogP contribution is 2.24. The van der Waals surface area contributed by atoms with Gasteiger partial charge in [-0.1, -0.05) is 6.92 Å². The average molecular weight is 276 g/mol. The van der Waals surface area contributed by atoms with Crippen LogP contribution in [0.25, 0.3) is 5.69 Å². The van der Waals surface area contributed by atoms with Crippen LogP contribution in [0.2, 0.25) is 0 Å². The third-order valence-electron chi connectivity index (χ3n) is 3.41. The van der Waals surface area contributed by atoms with Crippen molar-refractivity contribution in [1.29, 1.82) is 0 Å². The van der Waals surface area contributed by atoms with Crippen LogP contribution >= 0.6 is 0 Å². The molecule has 20 heavy (non-hydrogen) atoms. The van der Waals surface area contributed by atoms with Gasteiger partial charge in [-0.25, -0.2) is 9.07 Å². The molecule has 4 N–H and O–H groups in total. The lowest BCUT2D eigenvalue weighted by atomic mass is 10.1. The maximum atomic E-state index is 14.1. The summed E-state index contributed by atoms with van der Waals surface area (Å²) >= 11 is 0.